The molecule has 1 aliphatic heterocycles. The van der Waals surface area contributed by atoms with Gasteiger partial charge in [-0.1, -0.05) is 11.6 Å². The van der Waals surface area contributed by atoms with Crippen LogP contribution in [-0.4, -0.2) is 19.7 Å². The Bertz CT molecular complexity index is 452. The number of carbonyl (C=O) groups excluding carboxylic acids is 1. The molecule has 2 rings (SSSR count). The van der Waals surface area contributed by atoms with E-state index in [-0.39, 0.29) is 5.97 Å². The highest BCUT2D eigenvalue weighted by Crippen LogP contribution is 2.34. The first-order valence-electron chi connectivity index (χ1n) is 4.92. The normalized spacial score (nSPS) is 16.5. The van der Waals surface area contributed by atoms with Crippen LogP contribution in [0.2, 0.25) is 5.02 Å². The van der Waals surface area contributed by atoms with Gasteiger partial charge >= 0.3 is 5.97 Å². The molecule has 0 radical (unpaired) electrons. The average Bonchev–Trinajstić information content (AvgIpc) is 2.29. The Labute approximate surface area is 98.6 Å². The van der Waals surface area contributed by atoms with E-state index in [0.29, 0.717) is 18.1 Å². The Kier molecular flexibility index (Phi) is 3.15. The molecular weight excluding hydrogens is 228 g/mol. The Morgan fingerprint density at radius 3 is 3.12 bits per heavy atom. The Balaban J connectivity index is 2.43. The van der Waals surface area contributed by atoms with Gasteiger partial charge < -0.3 is 9.47 Å². The van der Waals surface area contributed by atoms with Crippen LogP contribution in [0.5, 0.6) is 5.75 Å². The van der Waals surface area contributed by atoms with Crippen molar-refractivity contribution in [2.75, 3.05) is 13.7 Å². The summed E-state index contributed by atoms with van der Waals surface area (Å²) in [4.78, 5) is 11.2. The lowest BCUT2D eigenvalue weighted by Crippen LogP contribution is -2.09. The first-order valence-corrected chi connectivity index (χ1v) is 5.30. The van der Waals surface area contributed by atoms with Crippen molar-refractivity contribution in [2.45, 2.75) is 6.42 Å². The number of ether oxygens (including phenoxy) is 2. The molecule has 0 fully saturated rings. The number of hydrogen-bond donors (Lipinski definition) is 0. The molecule has 3 nitrogen and oxygen atoms in total. The maximum atomic E-state index is 11.2. The van der Waals surface area contributed by atoms with Crippen molar-refractivity contribution in [3.05, 3.63) is 34.9 Å². The minimum Gasteiger partial charge on any atom is -0.493 e. The van der Waals surface area contributed by atoms with Crippen molar-refractivity contribution < 1.29 is 14.3 Å². The average molecular weight is 239 g/mol. The van der Waals surface area contributed by atoms with Gasteiger partial charge in [0.05, 0.1) is 13.7 Å². The monoisotopic (exact) mass is 238 g/mol. The summed E-state index contributed by atoms with van der Waals surface area (Å²) in [5, 5.41) is 0.625. The second kappa shape index (κ2) is 4.58. The van der Waals surface area contributed by atoms with E-state index in [4.69, 9.17) is 16.3 Å². The van der Waals surface area contributed by atoms with Gasteiger partial charge in [0.2, 0.25) is 0 Å². The molecule has 1 heterocycles. The summed E-state index contributed by atoms with van der Waals surface area (Å²) in [7, 11) is 1.36. The summed E-state index contributed by atoms with van der Waals surface area (Å²) in [6.45, 7) is 0.567. The van der Waals surface area contributed by atoms with Gasteiger partial charge in [-0.25, -0.2) is 4.79 Å². The number of hydrogen-bond acceptors (Lipinski definition) is 3. The molecule has 0 saturated heterocycles. The quantitative estimate of drug-likeness (QED) is 0.557. The number of fused-ring (bicyclic) bond motifs is 1. The van der Waals surface area contributed by atoms with Gasteiger partial charge in [-0.15, -0.1) is 0 Å². The molecular formula is C12H11ClO3. The van der Waals surface area contributed by atoms with Gasteiger partial charge in [0.25, 0.3) is 0 Å². The predicted octanol–water partition coefficient (Wildman–Crippen LogP) is 2.68. The number of carbonyl (C=O) groups is 1. The molecule has 1 aromatic carbocycles. The Morgan fingerprint density at radius 2 is 2.38 bits per heavy atom. The molecule has 0 unspecified atom stereocenters. The Morgan fingerprint density at radius 1 is 1.56 bits per heavy atom. The van der Waals surface area contributed by atoms with E-state index < -0.39 is 0 Å². The van der Waals surface area contributed by atoms with Crippen LogP contribution in [-0.2, 0) is 9.53 Å². The SMILES string of the molecule is COC(=O)C=C1CCOc2ccc(Cl)cc21. The molecule has 0 aliphatic carbocycles. The van der Waals surface area contributed by atoms with Gasteiger partial charge in [0, 0.05) is 23.1 Å². The van der Waals surface area contributed by atoms with Crippen molar-refractivity contribution in [2.24, 2.45) is 0 Å². The third kappa shape index (κ3) is 2.19. The van der Waals surface area contributed by atoms with Gasteiger partial charge in [-0.2, -0.15) is 0 Å². The van der Waals surface area contributed by atoms with Crippen molar-refractivity contribution in [3.8, 4) is 5.75 Å². The lowest BCUT2D eigenvalue weighted by Gasteiger charge is -2.19. The zero-order valence-electron chi connectivity index (χ0n) is 8.83. The van der Waals surface area contributed by atoms with Crippen LogP contribution in [0.25, 0.3) is 5.57 Å². The first kappa shape index (κ1) is 11.0. The number of methoxy groups -OCH3 is 1. The third-order valence-electron chi connectivity index (χ3n) is 2.41. The van der Waals surface area contributed by atoms with Crippen LogP contribution in [0.1, 0.15) is 12.0 Å². The highest BCUT2D eigenvalue weighted by molar-refractivity contribution is 6.30. The fourth-order valence-corrected chi connectivity index (χ4v) is 1.81. The topological polar surface area (TPSA) is 35.5 Å². The number of esters is 1. The molecule has 0 aromatic heterocycles. The van der Waals surface area contributed by atoms with Gasteiger partial charge in [-0.3, -0.25) is 0 Å². The minimum atomic E-state index is -0.358. The molecule has 16 heavy (non-hydrogen) atoms. The van der Waals surface area contributed by atoms with Crippen molar-refractivity contribution in [1.82, 2.24) is 0 Å². The maximum absolute atomic E-state index is 11.2. The van der Waals surface area contributed by atoms with E-state index in [0.717, 1.165) is 16.9 Å². The molecule has 0 saturated carbocycles. The molecule has 84 valence electrons. The zero-order chi connectivity index (χ0) is 11.5. The van der Waals surface area contributed by atoms with Crippen molar-refractivity contribution in [1.29, 1.82) is 0 Å². The van der Waals surface area contributed by atoms with Crippen LogP contribution >= 0.6 is 11.6 Å². The van der Waals surface area contributed by atoms with Crippen LogP contribution in [0, 0.1) is 0 Å². The first-order chi connectivity index (χ1) is 7.70. The summed E-state index contributed by atoms with van der Waals surface area (Å²) < 4.78 is 10.1. The highest BCUT2D eigenvalue weighted by atomic mass is 35.5. The van der Waals surface area contributed by atoms with Crippen LogP contribution in [0.4, 0.5) is 0 Å². The molecule has 1 aliphatic rings. The molecule has 4 heteroatoms. The zero-order valence-corrected chi connectivity index (χ0v) is 9.58. The van der Waals surface area contributed by atoms with Gasteiger partial charge in [0.15, 0.2) is 0 Å². The van der Waals surface area contributed by atoms with E-state index in [1.807, 2.05) is 6.07 Å². The van der Waals surface area contributed by atoms with E-state index in [2.05, 4.69) is 4.74 Å². The van der Waals surface area contributed by atoms with Gasteiger partial charge in [0.1, 0.15) is 5.75 Å². The van der Waals surface area contributed by atoms with Gasteiger partial charge in [-0.05, 0) is 23.8 Å². The van der Waals surface area contributed by atoms with Crippen molar-refractivity contribution in [3.63, 3.8) is 0 Å². The molecule has 0 bridgehead atoms. The number of rotatable bonds is 1. The second-order valence-electron chi connectivity index (χ2n) is 3.43. The molecule has 0 atom stereocenters. The molecule has 0 spiro atoms. The molecule has 0 N–H and O–H groups in total. The third-order valence-corrected chi connectivity index (χ3v) is 2.64. The molecule has 0 amide bonds. The van der Waals surface area contributed by atoms with Crippen molar-refractivity contribution >= 4 is 23.1 Å². The summed E-state index contributed by atoms with van der Waals surface area (Å²) in [5.74, 6) is 0.397. The van der Waals surface area contributed by atoms with E-state index in [1.54, 1.807) is 12.1 Å². The minimum absolute atomic E-state index is 0.358. The number of benzene rings is 1. The smallest absolute Gasteiger partial charge is 0.330 e. The lowest BCUT2D eigenvalue weighted by molar-refractivity contribution is -0.134. The van der Waals surface area contributed by atoms with E-state index in [9.17, 15) is 4.79 Å². The maximum Gasteiger partial charge on any atom is 0.330 e. The summed E-state index contributed by atoms with van der Waals surface area (Å²) in [6.07, 6.45) is 2.17. The lowest BCUT2D eigenvalue weighted by atomic mass is 9.99. The number of halogens is 1. The van der Waals surface area contributed by atoms with Crippen LogP contribution in [0.15, 0.2) is 24.3 Å². The summed E-state index contributed by atoms with van der Waals surface area (Å²) in [6, 6.07) is 5.37. The van der Waals surface area contributed by atoms with Crippen LogP contribution < -0.4 is 4.74 Å². The largest absolute Gasteiger partial charge is 0.493 e. The van der Waals surface area contributed by atoms with E-state index in [1.165, 1.54) is 13.2 Å². The molecule has 1 aromatic rings. The standard InChI is InChI=1S/C12H11ClO3/c1-15-12(14)6-8-4-5-16-11-3-2-9(13)7-10(8)11/h2-3,6-7H,4-5H2,1H3. The summed E-state index contributed by atoms with van der Waals surface area (Å²) >= 11 is 5.91. The second-order valence-corrected chi connectivity index (χ2v) is 3.87. The fourth-order valence-electron chi connectivity index (χ4n) is 1.64. The fraction of sp³-hybridized carbons (Fsp3) is 0.250. The van der Waals surface area contributed by atoms with E-state index >= 15 is 0 Å². The predicted molar refractivity (Wildman–Crippen MR) is 61.6 cm³/mol. The van der Waals surface area contributed by atoms with Crippen LogP contribution in [0.3, 0.4) is 0 Å². The summed E-state index contributed by atoms with van der Waals surface area (Å²) in [5.41, 5.74) is 1.76. The Hall–Kier alpha value is -1.48. The highest BCUT2D eigenvalue weighted by Gasteiger charge is 2.16.